The van der Waals surface area contributed by atoms with Crippen LogP contribution in [0, 0.1) is 5.82 Å². The first-order valence-corrected chi connectivity index (χ1v) is 10.2. The lowest BCUT2D eigenvalue weighted by Crippen LogP contribution is -2.34. The lowest BCUT2D eigenvalue weighted by Gasteiger charge is -2.28. The van der Waals surface area contributed by atoms with Gasteiger partial charge in [0, 0.05) is 30.8 Å². The van der Waals surface area contributed by atoms with Gasteiger partial charge in [-0.1, -0.05) is 41.4 Å². The van der Waals surface area contributed by atoms with Crippen molar-refractivity contribution in [3.8, 4) is 0 Å². The molecule has 1 aromatic carbocycles. The highest BCUT2D eigenvalue weighted by Crippen LogP contribution is 2.45. The standard InChI is InChI=1S/C19H18Cl2FN3OS/c20-14-8-13(24-9-10-4-1-2-5-11(10)22)18-16(25-14)15(21)19(27-18)17-12(23)6-3-7-26-17/h1-2,4-5,8,12,17H,3,6-7,9,23H2,(H,24,25)/t12-,17-/m1/s1. The quantitative estimate of drug-likeness (QED) is 0.539. The lowest BCUT2D eigenvalue weighted by molar-refractivity contribution is 0.00244. The van der Waals surface area contributed by atoms with Crippen molar-refractivity contribution in [1.29, 1.82) is 0 Å². The summed E-state index contributed by atoms with van der Waals surface area (Å²) in [7, 11) is 0. The Labute approximate surface area is 170 Å². The van der Waals surface area contributed by atoms with Gasteiger partial charge in [-0.05, 0) is 18.9 Å². The summed E-state index contributed by atoms with van der Waals surface area (Å²) in [5.41, 5.74) is 8.18. The minimum Gasteiger partial charge on any atom is -0.380 e. The molecule has 3 heterocycles. The minimum absolute atomic E-state index is 0.102. The zero-order valence-corrected chi connectivity index (χ0v) is 16.7. The molecule has 2 aromatic heterocycles. The highest BCUT2D eigenvalue weighted by atomic mass is 35.5. The number of hydrogen-bond acceptors (Lipinski definition) is 5. The monoisotopic (exact) mass is 425 g/mol. The summed E-state index contributed by atoms with van der Waals surface area (Å²) in [6.45, 7) is 0.988. The molecule has 2 atom stereocenters. The molecule has 0 unspecified atom stereocenters. The van der Waals surface area contributed by atoms with Gasteiger partial charge in [0.25, 0.3) is 0 Å². The number of pyridine rings is 1. The first-order valence-electron chi connectivity index (χ1n) is 8.67. The molecule has 0 spiro atoms. The number of ether oxygens (including phenoxy) is 1. The van der Waals surface area contributed by atoms with Gasteiger partial charge in [-0.3, -0.25) is 0 Å². The number of halogens is 3. The molecule has 4 nitrogen and oxygen atoms in total. The van der Waals surface area contributed by atoms with Gasteiger partial charge < -0.3 is 15.8 Å². The number of nitrogens with one attached hydrogen (secondary N) is 1. The maximum atomic E-state index is 13.9. The fourth-order valence-corrected chi connectivity index (χ4v) is 5.11. The molecule has 1 aliphatic rings. The Bertz CT molecular complexity index is 981. The molecule has 3 aromatic rings. The van der Waals surface area contributed by atoms with E-state index in [9.17, 15) is 4.39 Å². The molecule has 1 fully saturated rings. The summed E-state index contributed by atoms with van der Waals surface area (Å²) in [5, 5.41) is 4.10. The van der Waals surface area contributed by atoms with E-state index in [1.165, 1.54) is 17.4 Å². The number of aromatic nitrogens is 1. The SMILES string of the molecule is N[C@@H]1CCCO[C@H]1c1sc2c(NCc3ccccc3F)cc(Cl)nc2c1Cl. The van der Waals surface area contributed by atoms with Crippen LogP contribution in [0.15, 0.2) is 30.3 Å². The molecule has 0 aliphatic carbocycles. The predicted octanol–water partition coefficient (Wildman–Crippen LogP) is 5.53. The van der Waals surface area contributed by atoms with Crippen LogP contribution in [0.1, 0.15) is 29.4 Å². The number of fused-ring (bicyclic) bond motifs is 1. The zero-order chi connectivity index (χ0) is 19.0. The van der Waals surface area contributed by atoms with Crippen molar-refractivity contribution < 1.29 is 9.13 Å². The summed E-state index contributed by atoms with van der Waals surface area (Å²) < 4.78 is 20.6. The predicted molar refractivity (Wildman–Crippen MR) is 109 cm³/mol. The van der Waals surface area contributed by atoms with E-state index in [0.29, 0.717) is 34.4 Å². The van der Waals surface area contributed by atoms with Crippen molar-refractivity contribution in [3.05, 3.63) is 56.8 Å². The Hall–Kier alpha value is -1.44. The first kappa shape index (κ1) is 18.9. The fraction of sp³-hybridized carbons (Fsp3) is 0.316. The maximum Gasteiger partial charge on any atom is 0.131 e. The summed E-state index contributed by atoms with van der Waals surface area (Å²) in [5.74, 6) is -0.257. The third kappa shape index (κ3) is 3.77. The normalized spacial score (nSPS) is 20.1. The second-order valence-corrected chi connectivity index (χ2v) is 8.31. The van der Waals surface area contributed by atoms with Crippen LogP contribution in [0.2, 0.25) is 10.2 Å². The Morgan fingerprint density at radius 2 is 2.15 bits per heavy atom. The molecule has 142 valence electrons. The highest BCUT2D eigenvalue weighted by molar-refractivity contribution is 7.20. The van der Waals surface area contributed by atoms with Crippen LogP contribution in [0.3, 0.4) is 0 Å². The highest BCUT2D eigenvalue weighted by Gasteiger charge is 2.30. The second-order valence-electron chi connectivity index (χ2n) is 6.49. The minimum atomic E-state index is -0.257. The van der Waals surface area contributed by atoms with Crippen molar-refractivity contribution in [2.24, 2.45) is 5.73 Å². The van der Waals surface area contributed by atoms with E-state index in [1.807, 2.05) is 0 Å². The molecule has 0 bridgehead atoms. The van der Waals surface area contributed by atoms with E-state index in [4.69, 9.17) is 33.7 Å². The van der Waals surface area contributed by atoms with Crippen LogP contribution in [-0.2, 0) is 11.3 Å². The molecule has 3 N–H and O–H groups in total. The number of anilines is 1. The molecule has 0 radical (unpaired) electrons. The molecule has 4 rings (SSSR count). The van der Waals surface area contributed by atoms with Gasteiger partial charge in [-0.15, -0.1) is 11.3 Å². The molecular weight excluding hydrogens is 408 g/mol. The van der Waals surface area contributed by atoms with Gasteiger partial charge in [-0.25, -0.2) is 9.37 Å². The zero-order valence-electron chi connectivity index (χ0n) is 14.3. The van der Waals surface area contributed by atoms with E-state index in [2.05, 4.69) is 10.3 Å². The second kappa shape index (κ2) is 7.89. The molecule has 8 heteroatoms. The topological polar surface area (TPSA) is 60.2 Å². The number of rotatable bonds is 4. The molecule has 27 heavy (non-hydrogen) atoms. The van der Waals surface area contributed by atoms with Crippen molar-refractivity contribution in [2.75, 3.05) is 11.9 Å². The average molecular weight is 426 g/mol. The molecule has 1 saturated heterocycles. The fourth-order valence-electron chi connectivity index (χ4n) is 3.25. The van der Waals surface area contributed by atoms with Gasteiger partial charge in [0.2, 0.25) is 0 Å². The summed E-state index contributed by atoms with van der Waals surface area (Å²) in [4.78, 5) is 5.25. The van der Waals surface area contributed by atoms with E-state index < -0.39 is 0 Å². The van der Waals surface area contributed by atoms with Crippen LogP contribution in [0.4, 0.5) is 10.1 Å². The van der Waals surface area contributed by atoms with Gasteiger partial charge in [-0.2, -0.15) is 0 Å². The van der Waals surface area contributed by atoms with Gasteiger partial charge in [0.1, 0.15) is 22.6 Å². The average Bonchev–Trinajstić information content (AvgIpc) is 2.98. The molecule has 0 amide bonds. The van der Waals surface area contributed by atoms with Crippen LogP contribution in [-0.4, -0.2) is 17.6 Å². The van der Waals surface area contributed by atoms with Crippen LogP contribution < -0.4 is 11.1 Å². The Balaban J connectivity index is 1.70. The van der Waals surface area contributed by atoms with Gasteiger partial charge >= 0.3 is 0 Å². The van der Waals surface area contributed by atoms with Crippen molar-refractivity contribution in [1.82, 2.24) is 4.98 Å². The van der Waals surface area contributed by atoms with E-state index in [0.717, 1.165) is 28.1 Å². The van der Waals surface area contributed by atoms with E-state index in [-0.39, 0.29) is 18.0 Å². The number of benzene rings is 1. The van der Waals surface area contributed by atoms with Crippen molar-refractivity contribution in [3.63, 3.8) is 0 Å². The smallest absolute Gasteiger partial charge is 0.131 e. The number of thiophene rings is 1. The summed E-state index contributed by atoms with van der Waals surface area (Å²) in [6.07, 6.45) is 1.59. The third-order valence-corrected chi connectivity index (χ3v) is 6.59. The van der Waals surface area contributed by atoms with Crippen LogP contribution in [0.25, 0.3) is 10.2 Å². The van der Waals surface area contributed by atoms with Crippen LogP contribution >= 0.6 is 34.5 Å². The Morgan fingerprint density at radius 3 is 2.93 bits per heavy atom. The van der Waals surface area contributed by atoms with Crippen molar-refractivity contribution >= 4 is 50.4 Å². The molecule has 0 saturated carbocycles. The Kier molecular flexibility index (Phi) is 5.53. The first-order chi connectivity index (χ1) is 13.0. The summed E-state index contributed by atoms with van der Waals surface area (Å²) >= 11 is 14.3. The van der Waals surface area contributed by atoms with Crippen LogP contribution in [0.5, 0.6) is 0 Å². The Morgan fingerprint density at radius 1 is 1.33 bits per heavy atom. The number of nitrogens with two attached hydrogens (primary N) is 1. The van der Waals surface area contributed by atoms with Gasteiger partial charge in [0.05, 0.1) is 20.3 Å². The van der Waals surface area contributed by atoms with E-state index in [1.54, 1.807) is 24.3 Å². The number of nitrogens with zero attached hydrogens (tertiary/aromatic N) is 1. The lowest BCUT2D eigenvalue weighted by atomic mass is 10.0. The number of hydrogen-bond donors (Lipinski definition) is 2. The van der Waals surface area contributed by atoms with Gasteiger partial charge in [0.15, 0.2) is 0 Å². The van der Waals surface area contributed by atoms with Crippen molar-refractivity contribution in [2.45, 2.75) is 31.5 Å². The third-order valence-electron chi connectivity index (χ3n) is 4.63. The molecule has 1 aliphatic heterocycles. The molecular formula is C19H18Cl2FN3OS. The largest absolute Gasteiger partial charge is 0.380 e. The van der Waals surface area contributed by atoms with E-state index >= 15 is 0 Å². The maximum absolute atomic E-state index is 13.9. The summed E-state index contributed by atoms with van der Waals surface area (Å²) in [6, 6.07) is 8.27.